The minimum atomic E-state index is -2.86. The van der Waals surface area contributed by atoms with E-state index in [9.17, 15) is 8.78 Å². The molecular weight excluding hydrogens is 210 g/mol. The maximum Gasteiger partial charge on any atom is 0.270 e. The van der Waals surface area contributed by atoms with E-state index in [0.29, 0.717) is 11.4 Å². The van der Waals surface area contributed by atoms with Crippen LogP contribution in [0, 0.1) is 11.3 Å². The lowest BCUT2D eigenvalue weighted by Crippen LogP contribution is -2.07. The number of benzene rings is 1. The summed E-state index contributed by atoms with van der Waals surface area (Å²) < 4.78 is 26.1. The first kappa shape index (κ1) is 12.2. The van der Waals surface area contributed by atoms with Crippen LogP contribution >= 0.6 is 0 Å². The van der Waals surface area contributed by atoms with E-state index in [1.807, 2.05) is 6.07 Å². The normalized spacial score (nSPS) is 12.1. The van der Waals surface area contributed by atoms with Gasteiger partial charge in [0.15, 0.2) is 0 Å². The van der Waals surface area contributed by atoms with Crippen molar-refractivity contribution in [3.8, 4) is 6.07 Å². The minimum absolute atomic E-state index is 0.0535. The van der Waals surface area contributed by atoms with Gasteiger partial charge >= 0.3 is 0 Å². The van der Waals surface area contributed by atoms with Crippen LogP contribution in [0.4, 0.5) is 14.5 Å². The Kier molecular flexibility index (Phi) is 3.62. The van der Waals surface area contributed by atoms with Gasteiger partial charge in [0.05, 0.1) is 6.07 Å². The molecule has 4 heteroatoms. The SMILES string of the molecule is C/C(=C\C#N)Nc1cccc(C(C)(F)F)c1. The summed E-state index contributed by atoms with van der Waals surface area (Å²) in [7, 11) is 0. The lowest BCUT2D eigenvalue weighted by atomic mass is 10.1. The molecule has 16 heavy (non-hydrogen) atoms. The minimum Gasteiger partial charge on any atom is -0.359 e. The number of allylic oxidation sites excluding steroid dienone is 2. The first-order valence-electron chi connectivity index (χ1n) is 4.75. The molecule has 0 heterocycles. The fraction of sp³-hybridized carbons (Fsp3) is 0.250. The summed E-state index contributed by atoms with van der Waals surface area (Å²) in [6, 6.07) is 7.82. The van der Waals surface area contributed by atoms with Gasteiger partial charge in [-0.3, -0.25) is 0 Å². The third kappa shape index (κ3) is 3.35. The van der Waals surface area contributed by atoms with Gasteiger partial charge in [-0.25, -0.2) is 8.78 Å². The average molecular weight is 222 g/mol. The number of hydrogen-bond donors (Lipinski definition) is 1. The van der Waals surface area contributed by atoms with Crippen molar-refractivity contribution in [1.29, 1.82) is 5.26 Å². The standard InChI is InChI=1S/C12H12F2N2/c1-9(6-7-15)16-11-5-3-4-10(8-11)12(2,13)14/h3-6,8,16H,1-2H3/b9-6+. The van der Waals surface area contributed by atoms with Crippen molar-refractivity contribution in [2.45, 2.75) is 19.8 Å². The monoisotopic (exact) mass is 222 g/mol. The lowest BCUT2D eigenvalue weighted by Gasteiger charge is -2.12. The summed E-state index contributed by atoms with van der Waals surface area (Å²) in [6.45, 7) is 2.55. The molecule has 0 saturated carbocycles. The molecule has 0 amide bonds. The van der Waals surface area contributed by atoms with Crippen LogP contribution in [0.15, 0.2) is 36.0 Å². The van der Waals surface area contributed by atoms with Crippen molar-refractivity contribution in [2.75, 3.05) is 5.32 Å². The first-order valence-corrected chi connectivity index (χ1v) is 4.75. The Balaban J connectivity index is 2.93. The highest BCUT2D eigenvalue weighted by atomic mass is 19.3. The molecule has 0 radical (unpaired) electrons. The summed E-state index contributed by atoms with van der Waals surface area (Å²) in [5.41, 5.74) is 1.10. The van der Waals surface area contributed by atoms with Crippen LogP contribution in [0.5, 0.6) is 0 Å². The molecule has 0 unspecified atom stereocenters. The average Bonchev–Trinajstić information content (AvgIpc) is 2.17. The molecule has 0 atom stereocenters. The third-order valence-corrected chi connectivity index (χ3v) is 1.99. The van der Waals surface area contributed by atoms with Crippen molar-refractivity contribution < 1.29 is 8.78 Å². The van der Waals surface area contributed by atoms with E-state index in [2.05, 4.69) is 5.32 Å². The van der Waals surface area contributed by atoms with Crippen molar-refractivity contribution in [1.82, 2.24) is 0 Å². The highest BCUT2D eigenvalue weighted by Crippen LogP contribution is 2.28. The van der Waals surface area contributed by atoms with E-state index >= 15 is 0 Å². The number of nitrogens with one attached hydrogen (secondary N) is 1. The number of rotatable bonds is 3. The van der Waals surface area contributed by atoms with Crippen molar-refractivity contribution in [3.05, 3.63) is 41.6 Å². The molecule has 0 saturated heterocycles. The highest BCUT2D eigenvalue weighted by molar-refractivity contribution is 5.51. The topological polar surface area (TPSA) is 35.8 Å². The second-order valence-corrected chi connectivity index (χ2v) is 3.55. The van der Waals surface area contributed by atoms with Gasteiger partial charge in [-0.15, -0.1) is 0 Å². The molecule has 0 fully saturated rings. The van der Waals surface area contributed by atoms with E-state index in [-0.39, 0.29) is 5.56 Å². The summed E-state index contributed by atoms with van der Waals surface area (Å²) in [5, 5.41) is 11.3. The fourth-order valence-electron chi connectivity index (χ4n) is 1.23. The first-order chi connectivity index (χ1) is 7.43. The zero-order chi connectivity index (χ0) is 12.2. The Morgan fingerprint density at radius 3 is 2.75 bits per heavy atom. The largest absolute Gasteiger partial charge is 0.359 e. The Morgan fingerprint density at radius 1 is 1.50 bits per heavy atom. The van der Waals surface area contributed by atoms with E-state index in [0.717, 1.165) is 6.92 Å². The quantitative estimate of drug-likeness (QED) is 0.792. The summed E-state index contributed by atoms with van der Waals surface area (Å²) in [6.07, 6.45) is 1.32. The smallest absolute Gasteiger partial charge is 0.270 e. The number of nitriles is 1. The lowest BCUT2D eigenvalue weighted by molar-refractivity contribution is 0.0175. The van der Waals surface area contributed by atoms with E-state index < -0.39 is 5.92 Å². The van der Waals surface area contributed by atoms with Crippen LogP contribution < -0.4 is 5.32 Å². The molecule has 0 bridgehead atoms. The Bertz CT molecular complexity index is 439. The molecule has 0 aromatic heterocycles. The van der Waals surface area contributed by atoms with E-state index in [1.165, 1.54) is 18.2 Å². The van der Waals surface area contributed by atoms with Crippen LogP contribution in [-0.2, 0) is 5.92 Å². The molecule has 1 aromatic carbocycles. The van der Waals surface area contributed by atoms with Gasteiger partial charge in [-0.05, 0) is 19.1 Å². The van der Waals surface area contributed by atoms with E-state index in [4.69, 9.17) is 5.26 Å². The fourth-order valence-corrected chi connectivity index (χ4v) is 1.23. The molecule has 0 aliphatic rings. The zero-order valence-corrected chi connectivity index (χ0v) is 9.09. The number of anilines is 1. The van der Waals surface area contributed by atoms with Gasteiger partial charge in [0.1, 0.15) is 0 Å². The van der Waals surface area contributed by atoms with Gasteiger partial charge in [-0.2, -0.15) is 5.26 Å². The molecule has 1 N–H and O–H groups in total. The van der Waals surface area contributed by atoms with Crippen molar-refractivity contribution >= 4 is 5.69 Å². The van der Waals surface area contributed by atoms with E-state index in [1.54, 1.807) is 19.1 Å². The predicted octanol–water partition coefficient (Wildman–Crippen LogP) is 3.64. The van der Waals surface area contributed by atoms with Crippen LogP contribution in [0.1, 0.15) is 19.4 Å². The summed E-state index contributed by atoms with van der Waals surface area (Å²) in [5.74, 6) is -2.86. The van der Waals surface area contributed by atoms with Gasteiger partial charge < -0.3 is 5.32 Å². The predicted molar refractivity (Wildman–Crippen MR) is 59.0 cm³/mol. The molecule has 1 rings (SSSR count). The van der Waals surface area contributed by atoms with Crippen molar-refractivity contribution in [3.63, 3.8) is 0 Å². The molecule has 0 aliphatic carbocycles. The maximum absolute atomic E-state index is 13.0. The van der Waals surface area contributed by atoms with Crippen LogP contribution in [-0.4, -0.2) is 0 Å². The van der Waals surface area contributed by atoms with Gasteiger partial charge in [-0.1, -0.05) is 12.1 Å². The molecule has 84 valence electrons. The zero-order valence-electron chi connectivity index (χ0n) is 9.09. The van der Waals surface area contributed by atoms with Gasteiger partial charge in [0, 0.05) is 29.9 Å². The molecule has 0 spiro atoms. The van der Waals surface area contributed by atoms with Crippen LogP contribution in [0.2, 0.25) is 0 Å². The Labute approximate surface area is 93.2 Å². The molecule has 2 nitrogen and oxygen atoms in total. The Hall–Kier alpha value is -1.89. The number of alkyl halides is 2. The molecule has 0 aliphatic heterocycles. The summed E-state index contributed by atoms with van der Waals surface area (Å²) in [4.78, 5) is 0. The second-order valence-electron chi connectivity index (χ2n) is 3.55. The number of hydrogen-bond acceptors (Lipinski definition) is 2. The van der Waals surface area contributed by atoms with Gasteiger partial charge in [0.25, 0.3) is 5.92 Å². The van der Waals surface area contributed by atoms with Gasteiger partial charge in [0.2, 0.25) is 0 Å². The number of halogens is 2. The highest BCUT2D eigenvalue weighted by Gasteiger charge is 2.23. The van der Waals surface area contributed by atoms with Crippen molar-refractivity contribution in [2.24, 2.45) is 0 Å². The molecular formula is C12H12F2N2. The van der Waals surface area contributed by atoms with Crippen LogP contribution in [0.25, 0.3) is 0 Å². The van der Waals surface area contributed by atoms with Crippen LogP contribution in [0.3, 0.4) is 0 Å². The maximum atomic E-state index is 13.0. The second kappa shape index (κ2) is 4.75. The summed E-state index contributed by atoms with van der Waals surface area (Å²) >= 11 is 0. The number of nitrogens with zero attached hydrogens (tertiary/aromatic N) is 1. The third-order valence-electron chi connectivity index (χ3n) is 1.99. The molecule has 1 aromatic rings. The Morgan fingerprint density at radius 2 is 2.19 bits per heavy atom.